The van der Waals surface area contributed by atoms with Crippen molar-refractivity contribution < 1.29 is 17.9 Å². The lowest BCUT2D eigenvalue weighted by Gasteiger charge is -2.29. The molecule has 0 aliphatic heterocycles. The van der Waals surface area contributed by atoms with Gasteiger partial charge in [0.15, 0.2) is 0 Å². The predicted octanol–water partition coefficient (Wildman–Crippen LogP) is 3.22. The lowest BCUT2D eigenvalue weighted by atomic mass is 10.0. The summed E-state index contributed by atoms with van der Waals surface area (Å²) in [5.41, 5.74) is 4.13. The maximum atomic E-state index is 12.9. The van der Waals surface area contributed by atoms with Crippen molar-refractivity contribution in [1.82, 2.24) is 5.32 Å². The Morgan fingerprint density at radius 3 is 2.52 bits per heavy atom. The molecule has 2 atom stereocenters. The summed E-state index contributed by atoms with van der Waals surface area (Å²) in [6.45, 7) is 3.50. The molecule has 0 saturated carbocycles. The van der Waals surface area contributed by atoms with Crippen LogP contribution in [0, 0.1) is 0 Å². The molecule has 0 bridgehead atoms. The minimum absolute atomic E-state index is 0.220. The van der Waals surface area contributed by atoms with Gasteiger partial charge in [0.05, 0.1) is 25.1 Å². The number of methoxy groups -OCH3 is 1. The molecule has 0 heterocycles. The number of nitrogens with zero attached hydrogens (tertiary/aromatic N) is 1. The molecule has 0 saturated heterocycles. The van der Waals surface area contributed by atoms with E-state index in [1.54, 1.807) is 31.2 Å². The summed E-state index contributed by atoms with van der Waals surface area (Å²) in [5, 5.41) is 2.96. The summed E-state index contributed by atoms with van der Waals surface area (Å²) in [4.78, 5) is 12.9. The molecule has 0 aromatic heterocycles. The monoisotopic (exact) mass is 416 g/mol. The summed E-state index contributed by atoms with van der Waals surface area (Å²) in [6.07, 6.45) is 4.44. The van der Waals surface area contributed by atoms with Gasteiger partial charge in [-0.15, -0.1) is 0 Å². The first kappa shape index (κ1) is 21.2. The summed E-state index contributed by atoms with van der Waals surface area (Å²) in [6, 6.07) is 11.9. The highest BCUT2D eigenvalue weighted by Crippen LogP contribution is 2.27. The third-order valence-electron chi connectivity index (χ3n) is 5.38. The van der Waals surface area contributed by atoms with Gasteiger partial charge in [0, 0.05) is 6.07 Å². The van der Waals surface area contributed by atoms with Gasteiger partial charge in [0.2, 0.25) is 15.9 Å². The van der Waals surface area contributed by atoms with Crippen LogP contribution in [0.4, 0.5) is 5.69 Å². The second-order valence-electron chi connectivity index (χ2n) is 7.55. The largest absolute Gasteiger partial charge is 0.497 e. The van der Waals surface area contributed by atoms with Crippen LogP contribution >= 0.6 is 0 Å². The molecule has 0 unspecified atom stereocenters. The number of aryl methyl sites for hydroxylation is 2. The number of anilines is 1. The number of ether oxygens (including phenoxy) is 1. The maximum Gasteiger partial charge on any atom is 0.244 e. The van der Waals surface area contributed by atoms with E-state index in [9.17, 15) is 13.2 Å². The van der Waals surface area contributed by atoms with E-state index < -0.39 is 16.1 Å². The predicted molar refractivity (Wildman–Crippen MR) is 115 cm³/mol. The standard InChI is InChI=1S/C22H28N2O4S/c1-15(18-12-11-17-7-5-8-19(17)13-18)23-22(25)16(2)24(29(4,26)27)20-9-6-10-21(14-20)28-3/h6,9-16H,5,7-8H2,1-4H3,(H,23,25)/t15-,16+/m1/s1. The van der Waals surface area contributed by atoms with E-state index in [0.29, 0.717) is 11.4 Å². The Kier molecular flexibility index (Phi) is 6.17. The minimum atomic E-state index is -3.68. The van der Waals surface area contributed by atoms with Gasteiger partial charge in [0.1, 0.15) is 11.8 Å². The quantitative estimate of drug-likeness (QED) is 0.752. The molecule has 0 fully saturated rings. The molecule has 3 rings (SSSR count). The van der Waals surface area contributed by atoms with Gasteiger partial charge in [-0.25, -0.2) is 8.42 Å². The Balaban J connectivity index is 1.80. The summed E-state index contributed by atoms with van der Waals surface area (Å²) < 4.78 is 31.3. The fourth-order valence-electron chi connectivity index (χ4n) is 3.83. The lowest BCUT2D eigenvalue weighted by Crippen LogP contribution is -2.48. The topological polar surface area (TPSA) is 75.7 Å². The van der Waals surface area contributed by atoms with Crippen LogP contribution in [0.25, 0.3) is 0 Å². The number of fused-ring (bicyclic) bond motifs is 1. The minimum Gasteiger partial charge on any atom is -0.497 e. The van der Waals surface area contributed by atoms with Gasteiger partial charge < -0.3 is 10.1 Å². The molecule has 2 aromatic carbocycles. The van der Waals surface area contributed by atoms with Gasteiger partial charge in [-0.2, -0.15) is 0 Å². The molecule has 6 nitrogen and oxygen atoms in total. The van der Waals surface area contributed by atoms with Crippen LogP contribution in [0.2, 0.25) is 0 Å². The van der Waals surface area contributed by atoms with Gasteiger partial charge in [-0.1, -0.05) is 24.3 Å². The Hall–Kier alpha value is -2.54. The highest BCUT2D eigenvalue weighted by molar-refractivity contribution is 7.92. The smallest absolute Gasteiger partial charge is 0.244 e. The first-order chi connectivity index (χ1) is 13.7. The summed E-state index contributed by atoms with van der Waals surface area (Å²) in [7, 11) is -2.17. The number of sulfonamides is 1. The number of carbonyl (C=O) groups excluding carboxylic acids is 1. The van der Waals surface area contributed by atoms with Crippen LogP contribution in [0.5, 0.6) is 5.75 Å². The van der Waals surface area contributed by atoms with Crippen molar-refractivity contribution in [3.63, 3.8) is 0 Å². The van der Waals surface area contributed by atoms with Crippen LogP contribution in [0.15, 0.2) is 42.5 Å². The van der Waals surface area contributed by atoms with E-state index in [1.807, 2.05) is 13.0 Å². The second kappa shape index (κ2) is 8.45. The number of rotatable bonds is 7. The Morgan fingerprint density at radius 1 is 1.10 bits per heavy atom. The third kappa shape index (κ3) is 4.72. The van der Waals surface area contributed by atoms with E-state index in [4.69, 9.17) is 4.74 Å². The fourth-order valence-corrected chi connectivity index (χ4v) is 5.00. The average molecular weight is 417 g/mol. The molecule has 1 aliphatic rings. The number of benzene rings is 2. The summed E-state index contributed by atoms with van der Waals surface area (Å²) in [5.74, 6) is 0.168. The molecule has 1 N–H and O–H groups in total. The lowest BCUT2D eigenvalue weighted by molar-refractivity contribution is -0.122. The SMILES string of the molecule is COc1cccc(N([C@@H](C)C(=O)N[C@H](C)c2ccc3c(c2)CCC3)S(C)(=O)=O)c1. The Labute approximate surface area is 172 Å². The van der Waals surface area contributed by atoms with Crippen LogP contribution in [0.1, 0.15) is 43.0 Å². The van der Waals surface area contributed by atoms with E-state index >= 15 is 0 Å². The van der Waals surface area contributed by atoms with Crippen molar-refractivity contribution in [2.45, 2.75) is 45.2 Å². The highest BCUT2D eigenvalue weighted by atomic mass is 32.2. The molecule has 29 heavy (non-hydrogen) atoms. The van der Waals surface area contributed by atoms with Gasteiger partial charge in [-0.3, -0.25) is 9.10 Å². The third-order valence-corrected chi connectivity index (χ3v) is 6.62. The molecular formula is C22H28N2O4S. The zero-order valence-electron chi connectivity index (χ0n) is 17.3. The van der Waals surface area contributed by atoms with Crippen LogP contribution in [0.3, 0.4) is 0 Å². The molecule has 7 heteroatoms. The maximum absolute atomic E-state index is 12.9. The van der Waals surface area contributed by atoms with Crippen LogP contribution in [-0.4, -0.2) is 33.7 Å². The number of carbonyl (C=O) groups is 1. The van der Waals surface area contributed by atoms with Crippen molar-refractivity contribution in [1.29, 1.82) is 0 Å². The van der Waals surface area contributed by atoms with Crippen LogP contribution < -0.4 is 14.4 Å². The number of hydrogen-bond acceptors (Lipinski definition) is 4. The molecule has 156 valence electrons. The molecule has 0 spiro atoms. The molecular weight excluding hydrogens is 388 g/mol. The van der Waals surface area contributed by atoms with Crippen molar-refractivity contribution >= 4 is 21.6 Å². The molecule has 2 aromatic rings. The summed E-state index contributed by atoms with van der Waals surface area (Å²) >= 11 is 0. The first-order valence-corrected chi connectivity index (χ1v) is 11.6. The Bertz CT molecular complexity index is 1000. The normalized spacial score (nSPS) is 15.3. The van der Waals surface area contributed by atoms with Gasteiger partial charge >= 0.3 is 0 Å². The second-order valence-corrected chi connectivity index (χ2v) is 9.41. The van der Waals surface area contributed by atoms with E-state index in [1.165, 1.54) is 24.7 Å². The van der Waals surface area contributed by atoms with Gasteiger partial charge in [-0.05, 0) is 61.9 Å². The van der Waals surface area contributed by atoms with E-state index in [-0.39, 0.29) is 11.9 Å². The number of amides is 1. The number of hydrogen-bond donors (Lipinski definition) is 1. The van der Waals surface area contributed by atoms with Crippen molar-refractivity contribution in [2.75, 3.05) is 17.7 Å². The van der Waals surface area contributed by atoms with Crippen molar-refractivity contribution in [3.8, 4) is 5.75 Å². The van der Waals surface area contributed by atoms with Gasteiger partial charge in [0.25, 0.3) is 0 Å². The van der Waals surface area contributed by atoms with Crippen LogP contribution in [-0.2, 0) is 27.7 Å². The molecule has 1 aliphatic carbocycles. The zero-order chi connectivity index (χ0) is 21.2. The van der Waals surface area contributed by atoms with E-state index in [0.717, 1.165) is 29.0 Å². The average Bonchev–Trinajstić information content (AvgIpc) is 3.14. The van der Waals surface area contributed by atoms with Crippen molar-refractivity contribution in [3.05, 3.63) is 59.2 Å². The first-order valence-electron chi connectivity index (χ1n) is 9.76. The highest BCUT2D eigenvalue weighted by Gasteiger charge is 2.30. The zero-order valence-corrected chi connectivity index (χ0v) is 18.1. The number of nitrogens with one attached hydrogen (secondary N) is 1. The van der Waals surface area contributed by atoms with Crippen molar-refractivity contribution in [2.24, 2.45) is 0 Å². The fraction of sp³-hybridized carbons (Fsp3) is 0.409. The molecule has 1 amide bonds. The van der Waals surface area contributed by atoms with E-state index in [2.05, 4.69) is 17.4 Å². The molecule has 0 radical (unpaired) electrons. The Morgan fingerprint density at radius 2 is 1.83 bits per heavy atom.